The normalized spacial score (nSPS) is 21.7. The van der Waals surface area contributed by atoms with Crippen LogP contribution >= 0.6 is 0 Å². The number of rotatable bonds is 5. The van der Waals surface area contributed by atoms with Gasteiger partial charge in [-0.05, 0) is 44.7 Å². The second-order valence-corrected chi connectivity index (χ2v) is 3.79. The van der Waals surface area contributed by atoms with E-state index in [1.165, 1.54) is 0 Å². The molecule has 1 aliphatic heterocycles. The fraction of sp³-hybridized carbons (Fsp3) is 1.00. The predicted molar refractivity (Wildman–Crippen MR) is 52.7 cm³/mol. The number of ether oxygens (including phenoxy) is 1. The Balaban J connectivity index is 2.09. The summed E-state index contributed by atoms with van der Waals surface area (Å²) in [4.78, 5) is 0. The molecule has 0 bridgehead atoms. The lowest BCUT2D eigenvalue weighted by molar-refractivity contribution is 0.0701. The molecule has 78 valence electrons. The van der Waals surface area contributed by atoms with E-state index in [0.717, 1.165) is 45.4 Å². The van der Waals surface area contributed by atoms with Gasteiger partial charge in [-0.2, -0.15) is 0 Å². The van der Waals surface area contributed by atoms with Crippen LogP contribution in [0.1, 0.15) is 25.7 Å². The highest BCUT2D eigenvalue weighted by Crippen LogP contribution is 2.19. The largest absolute Gasteiger partial charge is 0.393 e. The van der Waals surface area contributed by atoms with E-state index in [9.17, 15) is 5.11 Å². The Bertz CT molecular complexity index is 124. The smallest absolute Gasteiger partial charge is 0.0570 e. The Labute approximate surface area is 80.5 Å². The van der Waals surface area contributed by atoms with Crippen LogP contribution in [0.3, 0.4) is 0 Å². The number of piperidine rings is 1. The number of aliphatic hydroxyl groups is 1. The van der Waals surface area contributed by atoms with Gasteiger partial charge in [-0.25, -0.2) is 0 Å². The van der Waals surface area contributed by atoms with Crippen LogP contribution in [0.2, 0.25) is 0 Å². The van der Waals surface area contributed by atoms with Crippen molar-refractivity contribution in [3.05, 3.63) is 0 Å². The van der Waals surface area contributed by atoms with Gasteiger partial charge >= 0.3 is 0 Å². The van der Waals surface area contributed by atoms with Gasteiger partial charge in [0.15, 0.2) is 0 Å². The molecule has 0 radical (unpaired) electrons. The fourth-order valence-electron chi connectivity index (χ4n) is 1.90. The van der Waals surface area contributed by atoms with E-state index in [1.54, 1.807) is 7.11 Å². The molecule has 1 unspecified atom stereocenters. The summed E-state index contributed by atoms with van der Waals surface area (Å²) < 4.78 is 4.96. The standard InChI is InChI=1S/C10H21NO2/c1-13-8-2-3-10(12)9-4-6-11-7-5-9/h9-12H,2-8H2,1H3. The first-order valence-electron chi connectivity index (χ1n) is 5.22. The zero-order chi connectivity index (χ0) is 9.52. The van der Waals surface area contributed by atoms with Crippen LogP contribution in [0.4, 0.5) is 0 Å². The summed E-state index contributed by atoms with van der Waals surface area (Å²) in [5.74, 6) is 0.512. The van der Waals surface area contributed by atoms with Crippen LogP contribution in [-0.2, 0) is 4.74 Å². The van der Waals surface area contributed by atoms with Crippen LogP contribution in [0.15, 0.2) is 0 Å². The van der Waals surface area contributed by atoms with Crippen LogP contribution in [0, 0.1) is 5.92 Å². The molecule has 13 heavy (non-hydrogen) atoms. The zero-order valence-electron chi connectivity index (χ0n) is 8.46. The zero-order valence-corrected chi connectivity index (χ0v) is 8.46. The molecule has 3 heteroatoms. The van der Waals surface area contributed by atoms with Crippen molar-refractivity contribution in [3.63, 3.8) is 0 Å². The van der Waals surface area contributed by atoms with Gasteiger partial charge in [-0.15, -0.1) is 0 Å². The number of hydrogen-bond donors (Lipinski definition) is 2. The molecule has 0 aromatic carbocycles. The van der Waals surface area contributed by atoms with E-state index in [1.807, 2.05) is 0 Å². The third-order valence-corrected chi connectivity index (χ3v) is 2.78. The SMILES string of the molecule is COCCCC(O)C1CCNCC1. The van der Waals surface area contributed by atoms with Crippen molar-refractivity contribution in [2.45, 2.75) is 31.8 Å². The van der Waals surface area contributed by atoms with Crippen LogP contribution in [-0.4, -0.2) is 38.0 Å². The lowest BCUT2D eigenvalue weighted by atomic mass is 9.90. The third-order valence-electron chi connectivity index (χ3n) is 2.78. The van der Waals surface area contributed by atoms with Gasteiger partial charge < -0.3 is 15.2 Å². The molecule has 1 fully saturated rings. The van der Waals surface area contributed by atoms with Crippen molar-refractivity contribution in [2.24, 2.45) is 5.92 Å². The van der Waals surface area contributed by atoms with E-state index < -0.39 is 0 Å². The summed E-state index contributed by atoms with van der Waals surface area (Å²) in [5, 5.41) is 13.1. The highest BCUT2D eigenvalue weighted by atomic mass is 16.5. The second-order valence-electron chi connectivity index (χ2n) is 3.79. The average Bonchev–Trinajstić information content (AvgIpc) is 2.19. The molecular weight excluding hydrogens is 166 g/mol. The molecule has 0 aliphatic carbocycles. The number of nitrogens with one attached hydrogen (secondary N) is 1. The first-order chi connectivity index (χ1) is 6.34. The highest BCUT2D eigenvalue weighted by Gasteiger charge is 2.20. The Hall–Kier alpha value is -0.120. The minimum absolute atomic E-state index is 0.114. The minimum Gasteiger partial charge on any atom is -0.393 e. The molecule has 1 rings (SSSR count). The molecular formula is C10H21NO2. The quantitative estimate of drug-likeness (QED) is 0.625. The summed E-state index contributed by atoms with van der Waals surface area (Å²) in [6, 6.07) is 0. The first kappa shape index (κ1) is 11.0. The molecule has 1 aliphatic rings. The van der Waals surface area contributed by atoms with Crippen molar-refractivity contribution in [2.75, 3.05) is 26.8 Å². The molecule has 0 amide bonds. The Morgan fingerprint density at radius 2 is 2.15 bits per heavy atom. The maximum atomic E-state index is 9.82. The molecule has 3 nitrogen and oxygen atoms in total. The van der Waals surface area contributed by atoms with E-state index >= 15 is 0 Å². The lowest BCUT2D eigenvalue weighted by Gasteiger charge is -2.27. The average molecular weight is 187 g/mol. The Morgan fingerprint density at radius 1 is 1.46 bits per heavy atom. The Kier molecular flexibility index (Phi) is 5.35. The lowest BCUT2D eigenvalue weighted by Crippen LogP contribution is -2.34. The third kappa shape index (κ3) is 4.07. The topological polar surface area (TPSA) is 41.5 Å². The molecule has 0 spiro atoms. The molecule has 1 saturated heterocycles. The summed E-state index contributed by atoms with van der Waals surface area (Å²) in [5.41, 5.74) is 0. The van der Waals surface area contributed by atoms with Gasteiger partial charge in [-0.3, -0.25) is 0 Å². The number of hydrogen-bond acceptors (Lipinski definition) is 3. The molecule has 1 heterocycles. The van der Waals surface area contributed by atoms with Crippen molar-refractivity contribution in [1.82, 2.24) is 5.32 Å². The minimum atomic E-state index is -0.114. The monoisotopic (exact) mass is 187 g/mol. The van der Waals surface area contributed by atoms with E-state index in [-0.39, 0.29) is 6.10 Å². The maximum Gasteiger partial charge on any atom is 0.0570 e. The van der Waals surface area contributed by atoms with Crippen LogP contribution < -0.4 is 5.32 Å². The summed E-state index contributed by atoms with van der Waals surface area (Å²) in [7, 11) is 1.71. The summed E-state index contributed by atoms with van der Waals surface area (Å²) in [6.07, 6.45) is 3.99. The van der Waals surface area contributed by atoms with Crippen molar-refractivity contribution >= 4 is 0 Å². The van der Waals surface area contributed by atoms with E-state index in [4.69, 9.17) is 4.74 Å². The number of methoxy groups -OCH3 is 1. The maximum absolute atomic E-state index is 9.82. The van der Waals surface area contributed by atoms with E-state index in [2.05, 4.69) is 5.32 Å². The molecule has 1 atom stereocenters. The fourth-order valence-corrected chi connectivity index (χ4v) is 1.90. The Morgan fingerprint density at radius 3 is 2.77 bits per heavy atom. The van der Waals surface area contributed by atoms with Crippen molar-refractivity contribution < 1.29 is 9.84 Å². The van der Waals surface area contributed by atoms with Gasteiger partial charge in [0.25, 0.3) is 0 Å². The predicted octanol–water partition coefficient (Wildman–Crippen LogP) is 0.773. The van der Waals surface area contributed by atoms with Crippen LogP contribution in [0.25, 0.3) is 0 Å². The number of aliphatic hydroxyl groups excluding tert-OH is 1. The van der Waals surface area contributed by atoms with Gasteiger partial charge in [0.05, 0.1) is 6.10 Å². The summed E-state index contributed by atoms with van der Waals surface area (Å²) >= 11 is 0. The van der Waals surface area contributed by atoms with Crippen molar-refractivity contribution in [3.8, 4) is 0 Å². The van der Waals surface area contributed by atoms with Gasteiger partial charge in [0, 0.05) is 13.7 Å². The molecule has 0 saturated carbocycles. The van der Waals surface area contributed by atoms with E-state index in [0.29, 0.717) is 5.92 Å². The van der Waals surface area contributed by atoms with Crippen LogP contribution in [0.5, 0.6) is 0 Å². The van der Waals surface area contributed by atoms with Gasteiger partial charge in [0.2, 0.25) is 0 Å². The molecule has 2 N–H and O–H groups in total. The second kappa shape index (κ2) is 6.35. The van der Waals surface area contributed by atoms with Gasteiger partial charge in [-0.1, -0.05) is 0 Å². The van der Waals surface area contributed by atoms with Gasteiger partial charge in [0.1, 0.15) is 0 Å². The van der Waals surface area contributed by atoms with Crippen molar-refractivity contribution in [1.29, 1.82) is 0 Å². The highest BCUT2D eigenvalue weighted by molar-refractivity contribution is 4.74. The first-order valence-corrected chi connectivity index (χ1v) is 5.22. The molecule has 0 aromatic rings. The molecule has 0 aromatic heterocycles. The summed E-state index contributed by atoms with van der Waals surface area (Å²) in [6.45, 7) is 2.89.